The molecule has 0 bridgehead atoms. The SMILES string of the molecule is c1ccc(-c2nc(-c3ccc(-c4ccc(-c5cccc6oc7ccccc7c56)c5ccccc45)cc3)nc(-c3cccc4oc5cccnc5c34)n2)cc1. The predicted octanol–water partition coefficient (Wildman–Crippen LogP) is 12.6. The van der Waals surface area contributed by atoms with Crippen LogP contribution in [0.25, 0.3) is 111 Å². The summed E-state index contributed by atoms with van der Waals surface area (Å²) in [6, 6.07) is 55.9. The van der Waals surface area contributed by atoms with E-state index >= 15 is 0 Å². The minimum Gasteiger partial charge on any atom is -0.456 e. The second-order valence-corrected chi connectivity index (χ2v) is 13.4. The molecule has 54 heavy (non-hydrogen) atoms. The van der Waals surface area contributed by atoms with Crippen molar-refractivity contribution in [1.82, 2.24) is 19.9 Å². The lowest BCUT2D eigenvalue weighted by Gasteiger charge is -2.13. The summed E-state index contributed by atoms with van der Waals surface area (Å²) in [4.78, 5) is 19.7. The summed E-state index contributed by atoms with van der Waals surface area (Å²) >= 11 is 0. The number of benzene rings is 7. The molecule has 7 aromatic carbocycles. The molecule has 0 fully saturated rings. The van der Waals surface area contributed by atoms with Gasteiger partial charge in [-0.05, 0) is 63.4 Å². The van der Waals surface area contributed by atoms with Gasteiger partial charge in [-0.3, -0.25) is 4.98 Å². The summed E-state index contributed by atoms with van der Waals surface area (Å²) in [5.74, 6) is 1.74. The van der Waals surface area contributed by atoms with E-state index in [4.69, 9.17) is 23.8 Å². The van der Waals surface area contributed by atoms with Crippen LogP contribution in [0.15, 0.2) is 179 Å². The molecule has 6 nitrogen and oxygen atoms in total. The highest BCUT2D eigenvalue weighted by atomic mass is 16.3. The van der Waals surface area contributed by atoms with Gasteiger partial charge in [-0.2, -0.15) is 0 Å². The molecule has 0 aliphatic heterocycles. The number of furan rings is 2. The lowest BCUT2D eigenvalue weighted by atomic mass is 9.90. The number of nitrogens with zero attached hydrogens (tertiary/aromatic N) is 4. The standard InChI is InChI=1S/C48H28N4O2/c1-2-11-30(12-3-1)46-50-47(52-48(51-46)38-17-9-20-41-44(38)45-42(54-41)21-10-28-49-45)31-24-22-29(23-25-31)32-26-27-35(34-14-5-4-13-33(32)34)36-16-8-19-40-43(36)37-15-6-7-18-39(37)53-40/h1-28H. The predicted molar refractivity (Wildman–Crippen MR) is 217 cm³/mol. The molecule has 0 N–H and O–H groups in total. The summed E-state index contributed by atoms with van der Waals surface area (Å²) in [6.45, 7) is 0. The topological polar surface area (TPSA) is 77.8 Å². The number of rotatable bonds is 5. The van der Waals surface area contributed by atoms with Crippen molar-refractivity contribution >= 4 is 54.8 Å². The highest BCUT2D eigenvalue weighted by Gasteiger charge is 2.19. The Bertz CT molecular complexity index is 3220. The van der Waals surface area contributed by atoms with Crippen LogP contribution in [0.3, 0.4) is 0 Å². The van der Waals surface area contributed by atoms with Crippen molar-refractivity contribution in [3.8, 4) is 56.4 Å². The molecule has 0 atom stereocenters. The summed E-state index contributed by atoms with van der Waals surface area (Å²) < 4.78 is 12.4. The average molecular weight is 693 g/mol. The Balaban J connectivity index is 1.04. The van der Waals surface area contributed by atoms with Crippen LogP contribution in [0.2, 0.25) is 0 Å². The van der Waals surface area contributed by atoms with Crippen LogP contribution in [-0.2, 0) is 0 Å². The van der Waals surface area contributed by atoms with Crippen LogP contribution in [0.1, 0.15) is 0 Å². The largest absolute Gasteiger partial charge is 0.456 e. The number of aromatic nitrogens is 4. The lowest BCUT2D eigenvalue weighted by molar-refractivity contribution is 0.668. The fraction of sp³-hybridized carbons (Fsp3) is 0. The maximum atomic E-state index is 6.24. The van der Waals surface area contributed by atoms with Gasteiger partial charge in [0.25, 0.3) is 0 Å². The van der Waals surface area contributed by atoms with E-state index in [0.29, 0.717) is 17.5 Å². The van der Waals surface area contributed by atoms with Gasteiger partial charge in [-0.15, -0.1) is 0 Å². The zero-order valence-electron chi connectivity index (χ0n) is 28.8. The number of hydrogen-bond donors (Lipinski definition) is 0. The van der Waals surface area contributed by atoms with Crippen molar-refractivity contribution in [3.05, 3.63) is 170 Å². The van der Waals surface area contributed by atoms with E-state index in [9.17, 15) is 0 Å². The fourth-order valence-electron chi connectivity index (χ4n) is 7.75. The van der Waals surface area contributed by atoms with Gasteiger partial charge in [0.2, 0.25) is 0 Å². The first-order valence-electron chi connectivity index (χ1n) is 17.9. The molecule has 0 unspecified atom stereocenters. The molecule has 0 saturated carbocycles. The monoisotopic (exact) mass is 692 g/mol. The third-order valence-corrected chi connectivity index (χ3v) is 10.2. The molecule has 11 rings (SSSR count). The van der Waals surface area contributed by atoms with Crippen LogP contribution >= 0.6 is 0 Å². The van der Waals surface area contributed by atoms with Gasteiger partial charge in [0.05, 0.1) is 5.39 Å². The molecule has 0 aliphatic rings. The molecule has 0 radical (unpaired) electrons. The van der Waals surface area contributed by atoms with E-state index in [0.717, 1.165) is 77.4 Å². The van der Waals surface area contributed by atoms with Crippen molar-refractivity contribution in [2.75, 3.05) is 0 Å². The van der Waals surface area contributed by atoms with Gasteiger partial charge in [0.15, 0.2) is 23.1 Å². The second-order valence-electron chi connectivity index (χ2n) is 13.4. The number of pyridine rings is 1. The van der Waals surface area contributed by atoms with E-state index in [-0.39, 0.29) is 0 Å². The van der Waals surface area contributed by atoms with Crippen LogP contribution in [0.5, 0.6) is 0 Å². The third-order valence-electron chi connectivity index (χ3n) is 10.2. The quantitative estimate of drug-likeness (QED) is 0.179. The molecule has 0 aliphatic carbocycles. The molecule has 252 valence electrons. The summed E-state index contributed by atoms with van der Waals surface area (Å²) in [5, 5.41) is 5.50. The average Bonchev–Trinajstić information content (AvgIpc) is 3.82. The van der Waals surface area contributed by atoms with Gasteiger partial charge < -0.3 is 8.83 Å². The number of hydrogen-bond acceptors (Lipinski definition) is 6. The Labute approximate surface area is 309 Å². The van der Waals surface area contributed by atoms with Crippen molar-refractivity contribution in [3.63, 3.8) is 0 Å². The molecule has 0 spiro atoms. The van der Waals surface area contributed by atoms with Crippen LogP contribution in [-0.4, -0.2) is 19.9 Å². The smallest absolute Gasteiger partial charge is 0.164 e. The van der Waals surface area contributed by atoms with Gasteiger partial charge in [-0.25, -0.2) is 15.0 Å². The zero-order chi connectivity index (χ0) is 35.6. The number of fused-ring (bicyclic) bond motifs is 7. The van der Waals surface area contributed by atoms with Gasteiger partial charge in [0.1, 0.15) is 22.3 Å². The maximum absolute atomic E-state index is 6.24. The first kappa shape index (κ1) is 30.2. The van der Waals surface area contributed by atoms with Crippen LogP contribution in [0.4, 0.5) is 0 Å². The van der Waals surface area contributed by atoms with Crippen molar-refractivity contribution in [2.45, 2.75) is 0 Å². The van der Waals surface area contributed by atoms with E-state index in [1.54, 1.807) is 6.20 Å². The fourth-order valence-corrected chi connectivity index (χ4v) is 7.75. The maximum Gasteiger partial charge on any atom is 0.164 e. The minimum atomic E-state index is 0.559. The van der Waals surface area contributed by atoms with Crippen molar-refractivity contribution < 1.29 is 8.83 Å². The lowest BCUT2D eigenvalue weighted by Crippen LogP contribution is -2.00. The van der Waals surface area contributed by atoms with Crippen molar-refractivity contribution in [2.24, 2.45) is 0 Å². The Kier molecular flexibility index (Phi) is 6.75. The normalized spacial score (nSPS) is 11.7. The second kappa shape index (κ2) is 12.1. The minimum absolute atomic E-state index is 0.559. The van der Waals surface area contributed by atoms with Gasteiger partial charge in [-0.1, -0.05) is 133 Å². The first-order valence-corrected chi connectivity index (χ1v) is 17.9. The highest BCUT2D eigenvalue weighted by Crippen LogP contribution is 2.42. The molecule has 11 aromatic rings. The Morgan fingerprint density at radius 3 is 1.67 bits per heavy atom. The van der Waals surface area contributed by atoms with Crippen LogP contribution < -0.4 is 0 Å². The molecule has 0 saturated heterocycles. The zero-order valence-corrected chi connectivity index (χ0v) is 28.8. The van der Waals surface area contributed by atoms with E-state index in [1.807, 2.05) is 78.9 Å². The Morgan fingerprint density at radius 1 is 0.315 bits per heavy atom. The molecule has 6 heteroatoms. The number of para-hydroxylation sites is 1. The highest BCUT2D eigenvalue weighted by molar-refractivity contribution is 6.16. The Morgan fingerprint density at radius 2 is 0.870 bits per heavy atom. The molecular formula is C48H28N4O2. The van der Waals surface area contributed by atoms with Gasteiger partial charge in [0, 0.05) is 33.7 Å². The van der Waals surface area contributed by atoms with Crippen molar-refractivity contribution in [1.29, 1.82) is 0 Å². The first-order chi connectivity index (χ1) is 26.8. The third kappa shape index (κ3) is 4.81. The summed E-state index contributed by atoms with van der Waals surface area (Å²) in [7, 11) is 0. The van der Waals surface area contributed by atoms with E-state index in [2.05, 4.69) is 89.9 Å². The summed E-state index contributed by atoms with van der Waals surface area (Å²) in [6.07, 6.45) is 1.78. The Hall–Kier alpha value is -7.44. The molecule has 0 amide bonds. The van der Waals surface area contributed by atoms with Crippen LogP contribution in [0, 0.1) is 0 Å². The summed E-state index contributed by atoms with van der Waals surface area (Å²) in [5.41, 5.74) is 11.2. The van der Waals surface area contributed by atoms with Gasteiger partial charge >= 0.3 is 0 Å². The van der Waals surface area contributed by atoms with E-state index in [1.165, 1.54) is 16.3 Å². The molecule has 4 heterocycles. The molecule has 4 aromatic heterocycles. The van der Waals surface area contributed by atoms with E-state index < -0.39 is 0 Å². The molecular weight excluding hydrogens is 665 g/mol.